The van der Waals surface area contributed by atoms with Crippen molar-refractivity contribution in [1.29, 1.82) is 0 Å². The summed E-state index contributed by atoms with van der Waals surface area (Å²) in [4.78, 5) is 30.4. The normalized spacial score (nSPS) is 20.4. The Morgan fingerprint density at radius 1 is 1.26 bits per heavy atom. The lowest BCUT2D eigenvalue weighted by Crippen LogP contribution is -2.44. The highest BCUT2D eigenvalue weighted by Gasteiger charge is 2.45. The fourth-order valence-corrected chi connectivity index (χ4v) is 5.04. The third-order valence-electron chi connectivity index (χ3n) is 6.57. The number of esters is 1. The monoisotopic (exact) mass is 462 g/mol. The number of carbonyl (C=O) groups is 2. The molecule has 4 rings (SSSR count). The van der Waals surface area contributed by atoms with Crippen LogP contribution in [-0.4, -0.2) is 42.6 Å². The zero-order valence-corrected chi connectivity index (χ0v) is 19.3. The Bertz CT molecular complexity index is 1070. The first-order chi connectivity index (χ1) is 16.6. The summed E-state index contributed by atoms with van der Waals surface area (Å²) < 4.78 is 5.20. The Morgan fingerprint density at radius 2 is 2.09 bits per heavy atom. The number of hydrogen-bond acceptors (Lipinski definition) is 5. The highest BCUT2D eigenvalue weighted by molar-refractivity contribution is 5.90. The topological polar surface area (TPSA) is 119 Å². The van der Waals surface area contributed by atoms with Crippen molar-refractivity contribution < 1.29 is 14.3 Å². The molecule has 9 heteroatoms. The van der Waals surface area contributed by atoms with E-state index in [0.29, 0.717) is 31.8 Å². The number of carbonyl (C=O) groups excluding carboxylic acids is 2. The number of nitrogens with zero attached hydrogens (tertiary/aromatic N) is 4. The van der Waals surface area contributed by atoms with E-state index >= 15 is 0 Å². The molecule has 0 saturated carbocycles. The third-order valence-corrected chi connectivity index (χ3v) is 6.57. The number of anilines is 1. The number of fused-ring (bicyclic) bond motifs is 3. The minimum absolute atomic E-state index is 0.112. The first-order valence-electron chi connectivity index (χ1n) is 11.8. The summed E-state index contributed by atoms with van der Waals surface area (Å²) >= 11 is 0. The van der Waals surface area contributed by atoms with Crippen molar-refractivity contribution in [3.63, 3.8) is 0 Å². The number of likely N-dealkylation sites (tertiary alicyclic amines) is 1. The molecule has 0 aliphatic carbocycles. The van der Waals surface area contributed by atoms with Crippen LogP contribution < -0.4 is 10.6 Å². The van der Waals surface area contributed by atoms with Gasteiger partial charge >= 0.3 is 12.0 Å². The molecular formula is C25H30N6O3. The summed E-state index contributed by atoms with van der Waals surface area (Å²) in [5, 5.41) is 10.3. The van der Waals surface area contributed by atoms with Gasteiger partial charge in [-0.25, -0.2) is 9.59 Å². The second-order valence-electron chi connectivity index (χ2n) is 8.61. The maximum atomic E-state index is 13.3. The van der Waals surface area contributed by atoms with Crippen LogP contribution in [0.3, 0.4) is 0 Å². The SMILES string of the molecule is CCOC(=O)c1ccc2c(c1)[C@@H]1[C@@H](CCN1C(=O)NCc1ccccc1)[C@@H](CCCN=[N+]=[N-])N2. The van der Waals surface area contributed by atoms with Gasteiger partial charge in [-0.3, -0.25) is 0 Å². The summed E-state index contributed by atoms with van der Waals surface area (Å²) in [6, 6.07) is 15.2. The van der Waals surface area contributed by atoms with E-state index in [1.165, 1.54) is 0 Å². The van der Waals surface area contributed by atoms with Gasteiger partial charge in [0.1, 0.15) is 0 Å². The molecule has 2 amide bonds. The van der Waals surface area contributed by atoms with Crippen LogP contribution >= 0.6 is 0 Å². The van der Waals surface area contributed by atoms with Crippen LogP contribution in [0, 0.1) is 5.92 Å². The van der Waals surface area contributed by atoms with Gasteiger partial charge < -0.3 is 20.3 Å². The smallest absolute Gasteiger partial charge is 0.338 e. The highest BCUT2D eigenvalue weighted by Crippen LogP contribution is 2.47. The van der Waals surface area contributed by atoms with Gasteiger partial charge in [-0.15, -0.1) is 0 Å². The molecule has 2 aromatic carbocycles. The van der Waals surface area contributed by atoms with E-state index in [9.17, 15) is 9.59 Å². The number of ether oxygens (including phenoxy) is 1. The maximum absolute atomic E-state index is 13.3. The van der Waals surface area contributed by atoms with Crippen LogP contribution in [0.15, 0.2) is 53.6 Å². The lowest BCUT2D eigenvalue weighted by Gasteiger charge is -2.40. The van der Waals surface area contributed by atoms with Gasteiger partial charge in [0.05, 0.1) is 18.2 Å². The van der Waals surface area contributed by atoms with Crippen molar-refractivity contribution in [1.82, 2.24) is 10.2 Å². The summed E-state index contributed by atoms with van der Waals surface area (Å²) in [5.74, 6) is -0.171. The van der Waals surface area contributed by atoms with Gasteiger partial charge in [0, 0.05) is 42.2 Å². The molecule has 2 aliphatic heterocycles. The molecule has 0 aromatic heterocycles. The fourth-order valence-electron chi connectivity index (χ4n) is 5.04. The highest BCUT2D eigenvalue weighted by atomic mass is 16.5. The maximum Gasteiger partial charge on any atom is 0.338 e. The van der Waals surface area contributed by atoms with E-state index in [-0.39, 0.29) is 30.0 Å². The second-order valence-corrected chi connectivity index (χ2v) is 8.61. The van der Waals surface area contributed by atoms with Crippen LogP contribution in [-0.2, 0) is 11.3 Å². The quantitative estimate of drug-likeness (QED) is 0.188. The van der Waals surface area contributed by atoms with Crippen molar-refractivity contribution >= 4 is 17.7 Å². The molecule has 1 saturated heterocycles. The van der Waals surface area contributed by atoms with Crippen molar-refractivity contribution in [2.24, 2.45) is 11.0 Å². The molecule has 2 N–H and O–H groups in total. The van der Waals surface area contributed by atoms with Gasteiger partial charge in [0.15, 0.2) is 0 Å². The first-order valence-corrected chi connectivity index (χ1v) is 11.8. The standard InChI is InChI=1S/C25H30N6O3/c1-2-34-24(32)18-10-11-22-20(15-18)23-19(21(29-22)9-6-13-28-30-26)12-14-31(23)25(33)27-16-17-7-4-3-5-8-17/h3-5,7-8,10-11,15,19,21,23,29H,2,6,9,12-14,16H2,1H3,(H,27,33)/t19-,21+,23-/m0/s1. The van der Waals surface area contributed by atoms with Crippen molar-refractivity contribution in [3.8, 4) is 0 Å². The van der Waals surface area contributed by atoms with Gasteiger partial charge in [0.25, 0.3) is 0 Å². The van der Waals surface area contributed by atoms with Crippen LogP contribution in [0.25, 0.3) is 10.4 Å². The van der Waals surface area contributed by atoms with E-state index in [1.807, 2.05) is 47.4 Å². The number of amides is 2. The largest absolute Gasteiger partial charge is 0.462 e. The molecule has 0 spiro atoms. The van der Waals surface area contributed by atoms with E-state index in [0.717, 1.165) is 36.1 Å². The fraction of sp³-hybridized carbons (Fsp3) is 0.440. The number of benzene rings is 2. The predicted molar refractivity (Wildman–Crippen MR) is 129 cm³/mol. The van der Waals surface area contributed by atoms with Gasteiger partial charge in [-0.05, 0) is 61.0 Å². The van der Waals surface area contributed by atoms with Crippen LogP contribution in [0.5, 0.6) is 0 Å². The van der Waals surface area contributed by atoms with Gasteiger partial charge in [0.2, 0.25) is 0 Å². The summed E-state index contributed by atoms with van der Waals surface area (Å²) in [6.07, 6.45) is 2.45. The molecule has 2 aliphatic rings. The number of urea groups is 1. The average molecular weight is 463 g/mol. The van der Waals surface area contributed by atoms with Crippen LogP contribution in [0.4, 0.5) is 10.5 Å². The summed E-state index contributed by atoms with van der Waals surface area (Å²) in [7, 11) is 0. The van der Waals surface area contributed by atoms with E-state index in [4.69, 9.17) is 10.3 Å². The Labute approximate surface area is 199 Å². The molecule has 1 fully saturated rings. The van der Waals surface area contributed by atoms with Crippen LogP contribution in [0.2, 0.25) is 0 Å². The lowest BCUT2D eigenvalue weighted by molar-refractivity contribution is 0.0526. The van der Waals surface area contributed by atoms with Crippen molar-refractivity contribution in [3.05, 3.63) is 75.7 Å². The number of rotatable bonds is 8. The second kappa shape index (κ2) is 10.9. The van der Waals surface area contributed by atoms with E-state index in [1.54, 1.807) is 13.0 Å². The zero-order chi connectivity index (χ0) is 23.9. The van der Waals surface area contributed by atoms with Gasteiger partial charge in [-0.2, -0.15) is 0 Å². The third kappa shape index (κ3) is 5.10. The number of hydrogen-bond donors (Lipinski definition) is 2. The molecule has 0 radical (unpaired) electrons. The van der Waals surface area contributed by atoms with E-state index in [2.05, 4.69) is 20.7 Å². The Balaban J connectivity index is 1.58. The summed E-state index contributed by atoms with van der Waals surface area (Å²) in [5.41, 5.74) is 12.0. The van der Waals surface area contributed by atoms with Crippen molar-refractivity contribution in [2.75, 3.05) is 25.0 Å². The molecule has 3 atom stereocenters. The molecule has 178 valence electrons. The molecule has 0 bridgehead atoms. The minimum Gasteiger partial charge on any atom is -0.462 e. The Kier molecular flexibility index (Phi) is 7.54. The molecule has 9 nitrogen and oxygen atoms in total. The first kappa shape index (κ1) is 23.4. The Morgan fingerprint density at radius 3 is 2.85 bits per heavy atom. The lowest BCUT2D eigenvalue weighted by atomic mass is 9.80. The molecule has 2 aromatic rings. The van der Waals surface area contributed by atoms with E-state index < -0.39 is 0 Å². The number of azide groups is 1. The molecular weight excluding hydrogens is 432 g/mol. The zero-order valence-electron chi connectivity index (χ0n) is 19.3. The molecule has 0 unspecified atom stereocenters. The van der Waals surface area contributed by atoms with Gasteiger partial charge in [-0.1, -0.05) is 35.4 Å². The molecule has 34 heavy (non-hydrogen) atoms. The summed E-state index contributed by atoms with van der Waals surface area (Å²) in [6.45, 7) is 3.62. The minimum atomic E-state index is -0.364. The number of nitrogens with one attached hydrogen (secondary N) is 2. The average Bonchev–Trinajstić information content (AvgIpc) is 3.31. The molecule has 2 heterocycles. The van der Waals surface area contributed by atoms with Crippen LogP contribution in [0.1, 0.15) is 53.7 Å². The van der Waals surface area contributed by atoms with Crippen molar-refractivity contribution in [2.45, 2.75) is 44.8 Å². The predicted octanol–water partition coefficient (Wildman–Crippen LogP) is 5.02. The Hall–Kier alpha value is -3.71.